The summed E-state index contributed by atoms with van der Waals surface area (Å²) >= 11 is 1.49. The molecule has 0 spiro atoms. The zero-order valence-corrected chi connectivity index (χ0v) is 15.7. The average molecular weight is 317 g/mol. The summed E-state index contributed by atoms with van der Waals surface area (Å²) in [6, 6.07) is 0. The third kappa shape index (κ3) is 20.3. The first-order valence-corrected chi connectivity index (χ1v) is 10.7. The molecule has 0 aliphatic carbocycles. The molecule has 21 heavy (non-hydrogen) atoms. The summed E-state index contributed by atoms with van der Waals surface area (Å²) in [6.07, 6.45) is 24.9. The summed E-state index contributed by atoms with van der Waals surface area (Å²) in [6.45, 7) is 3.22. The van der Waals surface area contributed by atoms with Crippen molar-refractivity contribution in [3.63, 3.8) is 0 Å². The lowest BCUT2D eigenvalue weighted by Gasteiger charge is -2.03. The van der Waals surface area contributed by atoms with Crippen molar-refractivity contribution in [2.75, 3.05) is 12.9 Å². The van der Waals surface area contributed by atoms with Gasteiger partial charge in [-0.2, -0.15) is 0 Å². The normalized spacial score (nSPS) is 11.1. The molecule has 0 aromatic heterocycles. The van der Waals surface area contributed by atoms with E-state index in [2.05, 4.69) is 6.92 Å². The highest BCUT2D eigenvalue weighted by Gasteiger charge is 1.94. The summed E-state index contributed by atoms with van der Waals surface area (Å²) in [5.41, 5.74) is 0. The fourth-order valence-corrected chi connectivity index (χ4v) is 3.08. The van der Waals surface area contributed by atoms with Crippen LogP contribution in [0.3, 0.4) is 0 Å². The minimum Gasteiger partial charge on any atom is -0.316 e. The molecule has 0 heterocycles. The van der Waals surface area contributed by atoms with E-state index in [1.807, 2.05) is 6.26 Å². The largest absolute Gasteiger partial charge is 0.316 e. The smallest absolute Gasteiger partial charge is 0.0613 e. The number of hydrogen-bond donors (Lipinski definition) is 0. The molecule has 0 rings (SSSR count). The molecule has 0 radical (unpaired) electrons. The van der Waals surface area contributed by atoms with Crippen LogP contribution in [0.25, 0.3) is 0 Å². The molecule has 0 unspecified atom stereocenters. The molecule has 0 aromatic rings. The predicted molar refractivity (Wildman–Crippen MR) is 99.0 cm³/mol. The van der Waals surface area contributed by atoms with Crippen molar-refractivity contribution in [3.8, 4) is 0 Å². The van der Waals surface area contributed by atoms with Gasteiger partial charge in [-0.1, -0.05) is 103 Å². The van der Waals surface area contributed by atoms with Gasteiger partial charge in [0.2, 0.25) is 0 Å². The Bertz CT molecular complexity index is 155. The molecule has 0 N–H and O–H groups in total. The maximum atomic E-state index is 5.27. The monoisotopic (exact) mass is 316 g/mol. The number of hydrogen-bond acceptors (Lipinski definition) is 2. The molecule has 0 aromatic carbocycles. The van der Waals surface area contributed by atoms with E-state index in [0.29, 0.717) is 0 Å². The molecule has 0 amide bonds. The Labute approximate surface area is 139 Å². The van der Waals surface area contributed by atoms with E-state index in [1.54, 1.807) is 0 Å². The van der Waals surface area contributed by atoms with Crippen LogP contribution in [0.15, 0.2) is 0 Å². The molecule has 2 heteroatoms. The highest BCUT2D eigenvalue weighted by molar-refractivity contribution is 7.93. The molecule has 0 atom stereocenters. The summed E-state index contributed by atoms with van der Waals surface area (Å²) < 4.78 is 5.27. The van der Waals surface area contributed by atoms with Crippen molar-refractivity contribution < 1.29 is 4.18 Å². The van der Waals surface area contributed by atoms with Crippen LogP contribution in [0.2, 0.25) is 0 Å². The van der Waals surface area contributed by atoms with E-state index < -0.39 is 0 Å². The average Bonchev–Trinajstić information content (AvgIpc) is 2.50. The third-order valence-corrected chi connectivity index (χ3v) is 4.60. The van der Waals surface area contributed by atoms with Gasteiger partial charge in [-0.3, -0.25) is 0 Å². The van der Waals surface area contributed by atoms with E-state index in [9.17, 15) is 0 Å². The van der Waals surface area contributed by atoms with Crippen molar-refractivity contribution in [1.82, 2.24) is 0 Å². The Kier molecular flexibility index (Phi) is 20.6. The second kappa shape index (κ2) is 20.3. The van der Waals surface area contributed by atoms with Gasteiger partial charge < -0.3 is 4.18 Å². The Morgan fingerprint density at radius 1 is 0.524 bits per heavy atom. The molecule has 128 valence electrons. The lowest BCUT2D eigenvalue weighted by Crippen LogP contribution is -1.87. The van der Waals surface area contributed by atoms with Crippen LogP contribution in [0.5, 0.6) is 0 Å². The maximum absolute atomic E-state index is 5.27. The van der Waals surface area contributed by atoms with Crippen molar-refractivity contribution >= 4 is 12.0 Å². The lowest BCUT2D eigenvalue weighted by molar-refractivity contribution is 0.356. The second-order valence-electron chi connectivity index (χ2n) is 6.29. The van der Waals surface area contributed by atoms with E-state index >= 15 is 0 Å². The van der Waals surface area contributed by atoms with Crippen molar-refractivity contribution in [2.45, 2.75) is 110 Å². The number of rotatable bonds is 18. The molecule has 0 aliphatic heterocycles. The van der Waals surface area contributed by atoms with E-state index in [-0.39, 0.29) is 0 Å². The van der Waals surface area contributed by atoms with Crippen LogP contribution in [0, 0.1) is 0 Å². The van der Waals surface area contributed by atoms with Crippen molar-refractivity contribution in [3.05, 3.63) is 0 Å². The van der Waals surface area contributed by atoms with Gasteiger partial charge in [0.25, 0.3) is 0 Å². The van der Waals surface area contributed by atoms with Gasteiger partial charge in [0, 0.05) is 6.26 Å². The van der Waals surface area contributed by atoms with Gasteiger partial charge in [-0.05, 0) is 18.5 Å². The lowest BCUT2D eigenvalue weighted by atomic mass is 10.0. The molecule has 0 saturated carbocycles. The van der Waals surface area contributed by atoms with Crippen LogP contribution >= 0.6 is 12.0 Å². The third-order valence-electron chi connectivity index (χ3n) is 4.20. The molecule has 0 bridgehead atoms. The number of unbranched alkanes of at least 4 members (excludes halogenated alkanes) is 15. The molecule has 1 nitrogen and oxygen atoms in total. The summed E-state index contributed by atoms with van der Waals surface area (Å²) in [5.74, 6) is 0. The fraction of sp³-hybridized carbons (Fsp3) is 1.00. The molecular formula is C19H40OS. The SMILES string of the molecule is CCCCCCCCCCCCCCCCCCOSC. The Morgan fingerprint density at radius 3 is 1.19 bits per heavy atom. The van der Waals surface area contributed by atoms with E-state index in [1.165, 1.54) is 115 Å². The first-order chi connectivity index (χ1) is 10.4. The zero-order valence-electron chi connectivity index (χ0n) is 14.8. The Morgan fingerprint density at radius 2 is 0.857 bits per heavy atom. The molecule has 0 fully saturated rings. The quantitative estimate of drug-likeness (QED) is 0.191. The van der Waals surface area contributed by atoms with Gasteiger partial charge in [0.05, 0.1) is 6.61 Å². The molecule has 0 aliphatic rings. The van der Waals surface area contributed by atoms with Crippen molar-refractivity contribution in [2.24, 2.45) is 0 Å². The second-order valence-corrected chi connectivity index (χ2v) is 6.86. The Balaban J connectivity index is 2.90. The summed E-state index contributed by atoms with van der Waals surface area (Å²) in [4.78, 5) is 0. The minimum atomic E-state index is 0.930. The summed E-state index contributed by atoms with van der Waals surface area (Å²) in [5, 5.41) is 0. The Hall–Kier alpha value is 0.310. The van der Waals surface area contributed by atoms with Crippen LogP contribution in [-0.2, 0) is 4.18 Å². The molecule has 0 saturated heterocycles. The standard InChI is InChI=1S/C19H40OS/c1-3-4-5-6-7-8-9-10-11-12-13-14-15-16-17-18-19-20-21-2/h3-19H2,1-2H3. The first kappa shape index (κ1) is 21.3. The predicted octanol–water partition coefficient (Wildman–Crippen LogP) is 7.54. The maximum Gasteiger partial charge on any atom is 0.0613 e. The van der Waals surface area contributed by atoms with Crippen LogP contribution < -0.4 is 0 Å². The van der Waals surface area contributed by atoms with Gasteiger partial charge in [0.15, 0.2) is 0 Å². The van der Waals surface area contributed by atoms with Crippen molar-refractivity contribution in [1.29, 1.82) is 0 Å². The fourth-order valence-electron chi connectivity index (χ4n) is 2.79. The van der Waals surface area contributed by atoms with Crippen LogP contribution in [-0.4, -0.2) is 12.9 Å². The zero-order chi connectivity index (χ0) is 15.4. The highest BCUT2D eigenvalue weighted by atomic mass is 32.2. The highest BCUT2D eigenvalue weighted by Crippen LogP contribution is 2.13. The van der Waals surface area contributed by atoms with Gasteiger partial charge in [-0.15, -0.1) is 0 Å². The molecular weight excluding hydrogens is 276 g/mol. The van der Waals surface area contributed by atoms with E-state index in [4.69, 9.17) is 4.18 Å². The van der Waals surface area contributed by atoms with Crippen LogP contribution in [0.1, 0.15) is 110 Å². The van der Waals surface area contributed by atoms with E-state index in [0.717, 1.165) is 6.61 Å². The van der Waals surface area contributed by atoms with Crippen LogP contribution in [0.4, 0.5) is 0 Å². The minimum absolute atomic E-state index is 0.930. The van der Waals surface area contributed by atoms with Gasteiger partial charge in [-0.25, -0.2) is 0 Å². The topological polar surface area (TPSA) is 9.23 Å². The van der Waals surface area contributed by atoms with Gasteiger partial charge in [0.1, 0.15) is 0 Å². The first-order valence-electron chi connectivity index (χ1n) is 9.57. The summed E-state index contributed by atoms with van der Waals surface area (Å²) in [7, 11) is 0. The van der Waals surface area contributed by atoms with Gasteiger partial charge >= 0.3 is 0 Å².